The number of amides is 2. The molecule has 1 saturated heterocycles. The van der Waals surface area contributed by atoms with Crippen molar-refractivity contribution in [3.63, 3.8) is 0 Å². The summed E-state index contributed by atoms with van der Waals surface area (Å²) < 4.78 is 2.12. The van der Waals surface area contributed by atoms with E-state index in [0.29, 0.717) is 17.1 Å². The van der Waals surface area contributed by atoms with Crippen molar-refractivity contribution >= 4 is 69.5 Å². The normalized spacial score (nSPS) is 20.1. The second-order valence-electron chi connectivity index (χ2n) is 9.14. The molecule has 0 spiro atoms. The number of β-lactam (4-membered cyclic amide) rings is 1. The standard InChI is InChI=1S/C24H24N6O7S3/c1-29-6-5-15(12-3-2-4-14(12)29)38-8-11-9-39-22-18(21(34)30(22)19(11)23(35)36)27-20(33)17(28-37-7-16(31)32)13-10-40-24(25)26-13/h5-6,10,18,22H,2-4,7-9H2,1H3,(H4-,25,26,27,31,32,33,35,36)/b28-17+/t18-,22-/m1/s1. The number of nitrogens with two attached hydrogens (primary N) is 1. The van der Waals surface area contributed by atoms with Gasteiger partial charge in [-0.05, 0) is 18.4 Å². The molecule has 16 heteroatoms. The fourth-order valence-electron chi connectivity index (χ4n) is 4.80. The van der Waals surface area contributed by atoms with Gasteiger partial charge in [0.25, 0.3) is 11.8 Å². The third-order valence-corrected chi connectivity index (χ3v) is 9.81. The van der Waals surface area contributed by atoms with E-state index in [-0.39, 0.29) is 22.2 Å². The van der Waals surface area contributed by atoms with E-state index in [1.54, 1.807) is 11.8 Å². The van der Waals surface area contributed by atoms with Gasteiger partial charge in [0.05, 0.1) is 11.7 Å². The number of nitrogens with zero attached hydrogens (tertiary/aromatic N) is 4. The fourth-order valence-corrected chi connectivity index (χ4v) is 7.94. The number of carboxylic acid groups (broad SMARTS) is 2. The van der Waals surface area contributed by atoms with Gasteiger partial charge < -0.3 is 30.9 Å². The minimum atomic E-state index is -1.45. The van der Waals surface area contributed by atoms with E-state index in [1.165, 1.54) is 28.4 Å². The van der Waals surface area contributed by atoms with Crippen LogP contribution in [-0.2, 0) is 43.9 Å². The summed E-state index contributed by atoms with van der Waals surface area (Å²) >= 11 is 3.91. The molecule has 2 amide bonds. The molecule has 5 rings (SSSR count). The zero-order valence-electron chi connectivity index (χ0n) is 21.1. The molecule has 2 aliphatic heterocycles. The lowest BCUT2D eigenvalue weighted by Crippen LogP contribution is -2.71. The van der Waals surface area contributed by atoms with Gasteiger partial charge in [-0.2, -0.15) is 0 Å². The molecule has 210 valence electrons. The summed E-state index contributed by atoms with van der Waals surface area (Å²) in [5.41, 5.74) is 8.29. The van der Waals surface area contributed by atoms with Gasteiger partial charge in [-0.25, -0.2) is 14.3 Å². The van der Waals surface area contributed by atoms with E-state index in [2.05, 4.69) is 20.0 Å². The molecule has 40 heavy (non-hydrogen) atoms. The van der Waals surface area contributed by atoms with Crippen LogP contribution in [0.5, 0.6) is 0 Å². The summed E-state index contributed by atoms with van der Waals surface area (Å²) in [6.07, 6.45) is 5.06. The lowest BCUT2D eigenvalue weighted by molar-refractivity contribution is -0.679. The number of aromatic nitrogens is 2. The highest BCUT2D eigenvalue weighted by Gasteiger charge is 2.53. The van der Waals surface area contributed by atoms with Crippen molar-refractivity contribution in [2.45, 2.75) is 35.6 Å². The third kappa shape index (κ3) is 5.38. The number of rotatable bonds is 10. The second-order valence-corrected chi connectivity index (χ2v) is 12.1. The quantitative estimate of drug-likeness (QED) is 0.0995. The Hall–Kier alpha value is -3.63. The van der Waals surface area contributed by atoms with Crippen LogP contribution in [-0.4, -0.2) is 74.0 Å². The number of oxime groups is 1. The zero-order valence-corrected chi connectivity index (χ0v) is 23.6. The summed E-state index contributed by atoms with van der Waals surface area (Å²) in [5, 5.41) is 28.0. The highest BCUT2D eigenvalue weighted by atomic mass is 32.2. The van der Waals surface area contributed by atoms with Crippen molar-refractivity contribution in [2.24, 2.45) is 12.2 Å². The Morgan fingerprint density at radius 3 is 2.90 bits per heavy atom. The lowest BCUT2D eigenvalue weighted by atomic mass is 10.0. The van der Waals surface area contributed by atoms with Crippen LogP contribution in [0, 0.1) is 0 Å². The number of nitrogen functional groups attached to an aromatic ring is 1. The first-order valence-electron chi connectivity index (χ1n) is 12.1. The Morgan fingerprint density at radius 2 is 2.20 bits per heavy atom. The minimum absolute atomic E-state index is 0.0425. The Balaban J connectivity index is 1.31. The van der Waals surface area contributed by atoms with Crippen molar-refractivity contribution < 1.29 is 38.8 Å². The summed E-state index contributed by atoms with van der Waals surface area (Å²) in [7, 11) is 2.02. The topological polar surface area (TPSA) is 191 Å². The molecular formula is C24H24N6O7S3. The Morgan fingerprint density at radius 1 is 1.40 bits per heavy atom. The first kappa shape index (κ1) is 27.9. The van der Waals surface area contributed by atoms with E-state index in [1.807, 2.05) is 19.3 Å². The first-order chi connectivity index (χ1) is 19.2. The summed E-state index contributed by atoms with van der Waals surface area (Å²) in [4.78, 5) is 60.0. The van der Waals surface area contributed by atoms with Crippen LogP contribution in [0.2, 0.25) is 0 Å². The van der Waals surface area contributed by atoms with E-state index in [4.69, 9.17) is 15.7 Å². The number of thiazole rings is 1. The molecule has 13 nitrogen and oxygen atoms in total. The van der Waals surface area contributed by atoms with Crippen molar-refractivity contribution in [1.29, 1.82) is 0 Å². The number of nitrogens with one attached hydrogen (secondary N) is 1. The molecule has 1 fully saturated rings. The number of pyridine rings is 1. The summed E-state index contributed by atoms with van der Waals surface area (Å²) in [6.45, 7) is -0.796. The minimum Gasteiger partial charge on any atom is -0.543 e. The van der Waals surface area contributed by atoms with E-state index in [0.717, 1.165) is 40.4 Å². The third-order valence-electron chi connectivity index (χ3n) is 6.61. The average Bonchev–Trinajstić information content (AvgIpc) is 3.58. The number of hydrogen-bond donors (Lipinski definition) is 3. The molecule has 4 N–H and O–H groups in total. The summed E-state index contributed by atoms with van der Waals surface area (Å²) in [6, 6.07) is 0.988. The van der Waals surface area contributed by atoms with E-state index >= 15 is 0 Å². The molecule has 4 heterocycles. The Kier molecular flexibility index (Phi) is 8.00. The first-order valence-corrected chi connectivity index (χ1v) is 15.0. The van der Waals surface area contributed by atoms with Crippen molar-refractivity contribution in [1.82, 2.24) is 15.2 Å². The average molecular weight is 605 g/mol. The number of aliphatic carboxylic acids is 2. The molecule has 0 unspecified atom stereocenters. The highest BCUT2D eigenvalue weighted by Crippen LogP contribution is 2.42. The van der Waals surface area contributed by atoms with Gasteiger partial charge in [-0.15, -0.1) is 34.9 Å². The van der Waals surface area contributed by atoms with Crippen molar-refractivity contribution in [2.75, 3.05) is 23.8 Å². The maximum absolute atomic E-state index is 13.1. The van der Waals surface area contributed by atoms with Gasteiger partial charge in [0.2, 0.25) is 6.61 Å². The number of carboxylic acids is 2. The Bertz CT molecular complexity index is 1470. The van der Waals surface area contributed by atoms with Crippen LogP contribution in [0.4, 0.5) is 5.13 Å². The van der Waals surface area contributed by atoms with Crippen LogP contribution < -0.4 is 20.7 Å². The van der Waals surface area contributed by atoms with Crippen molar-refractivity contribution in [3.8, 4) is 0 Å². The van der Waals surface area contributed by atoms with Gasteiger partial charge >= 0.3 is 5.97 Å². The number of hydrogen-bond acceptors (Lipinski definition) is 12. The molecule has 0 saturated carbocycles. The maximum atomic E-state index is 13.1. The van der Waals surface area contributed by atoms with E-state index < -0.39 is 41.8 Å². The molecule has 1 aliphatic carbocycles. The molecule has 2 aromatic rings. The molecule has 0 aromatic carbocycles. The van der Waals surface area contributed by atoms with Crippen LogP contribution in [0.15, 0.2) is 39.0 Å². The zero-order chi connectivity index (χ0) is 28.6. The van der Waals surface area contributed by atoms with Gasteiger partial charge in [0, 0.05) is 39.8 Å². The number of carbonyl (C=O) groups excluding carboxylic acids is 3. The predicted octanol–water partition coefficient (Wildman–Crippen LogP) is -0.960. The number of aryl methyl sites for hydroxylation is 1. The smallest absolute Gasteiger partial charge is 0.344 e. The molecule has 0 bridgehead atoms. The highest BCUT2D eigenvalue weighted by molar-refractivity contribution is 8.01. The van der Waals surface area contributed by atoms with Gasteiger partial charge in [0.15, 0.2) is 22.7 Å². The maximum Gasteiger partial charge on any atom is 0.344 e. The second kappa shape index (κ2) is 11.5. The van der Waals surface area contributed by atoms with Crippen LogP contribution in [0.25, 0.3) is 0 Å². The number of anilines is 1. The molecule has 0 radical (unpaired) electrons. The molecular weight excluding hydrogens is 581 g/mol. The predicted molar refractivity (Wildman–Crippen MR) is 144 cm³/mol. The molecule has 3 aliphatic rings. The van der Waals surface area contributed by atoms with Gasteiger partial charge in [0.1, 0.15) is 24.2 Å². The summed E-state index contributed by atoms with van der Waals surface area (Å²) in [5.74, 6) is -3.49. The van der Waals surface area contributed by atoms with Crippen LogP contribution in [0.1, 0.15) is 23.4 Å². The van der Waals surface area contributed by atoms with Gasteiger partial charge in [-0.3, -0.25) is 14.5 Å². The van der Waals surface area contributed by atoms with Crippen LogP contribution in [0.3, 0.4) is 0 Å². The SMILES string of the molecule is C[n+]1ccc(SCC2=C(C(=O)[O-])N3C(=O)[C@@H](NC(=O)/C(=N/OCC(=O)O)c4csc(N)n4)[C@H]3SC2)c2c1CCC2. The monoisotopic (exact) mass is 604 g/mol. The molecule has 2 aromatic heterocycles. The molecule has 2 atom stereocenters. The number of thioether (sulfide) groups is 2. The number of carbonyl (C=O) groups is 4. The van der Waals surface area contributed by atoms with E-state index in [9.17, 15) is 24.3 Å². The Labute approximate surface area is 240 Å². The fraction of sp³-hybridized carbons (Fsp3) is 0.375. The largest absolute Gasteiger partial charge is 0.543 e. The van der Waals surface area contributed by atoms with Gasteiger partial charge in [-0.1, -0.05) is 5.16 Å². The lowest BCUT2D eigenvalue weighted by Gasteiger charge is -2.50. The van der Waals surface area contributed by atoms with Crippen molar-refractivity contribution in [3.05, 3.63) is 45.9 Å². The number of fused-ring (bicyclic) bond motifs is 2. The van der Waals surface area contributed by atoms with Crippen LogP contribution >= 0.6 is 34.9 Å².